The minimum Gasteiger partial charge on any atom is -0.457 e. The van der Waals surface area contributed by atoms with Crippen LogP contribution in [0.4, 0.5) is 21.0 Å². The molecule has 1 atom stereocenters. The van der Waals surface area contributed by atoms with Gasteiger partial charge in [0.05, 0.1) is 10.9 Å². The Labute approximate surface area is 303 Å². The lowest BCUT2D eigenvalue weighted by Crippen LogP contribution is -2.48. The number of hydroxylamine groups is 1. The van der Waals surface area contributed by atoms with Crippen LogP contribution in [0.15, 0.2) is 66.7 Å². The number of nitrogens with zero attached hydrogens (tertiary/aromatic N) is 2. The quantitative estimate of drug-likeness (QED) is 0.220. The molecular weight excluding hydrogens is 667 g/mol. The van der Waals surface area contributed by atoms with Crippen molar-refractivity contribution in [3.8, 4) is 17.2 Å². The van der Waals surface area contributed by atoms with Gasteiger partial charge in [0.1, 0.15) is 22.8 Å². The van der Waals surface area contributed by atoms with Gasteiger partial charge in [-0.2, -0.15) is 0 Å². The van der Waals surface area contributed by atoms with E-state index in [0.29, 0.717) is 40.5 Å². The molecule has 1 aliphatic heterocycles. The summed E-state index contributed by atoms with van der Waals surface area (Å²) in [6, 6.07) is 20.6. The standard InChI is InChI=1S/C40H45N3O7S/c1-24(44)43(50-31-10-6-25(7-11-31)19-35-36(45)41-37(46)51-35)33-15-14-32(20-34(33)42(5)38(47)49-39(2,3)4)48-30-12-8-29(9-13-30)40-21-26-16-27(22-40)18-28(17-26)23-40/h6-15,20,26-28,35H,16-19,21-23H2,1-5H3,(H,41,45,46). The molecule has 4 bridgehead atoms. The molecule has 3 aromatic rings. The number of carbonyl (C=O) groups is 4. The Bertz CT molecular complexity index is 1800. The fourth-order valence-corrected chi connectivity index (χ4v) is 9.59. The van der Waals surface area contributed by atoms with Crippen LogP contribution in [0.3, 0.4) is 0 Å². The zero-order chi connectivity index (χ0) is 36.1. The van der Waals surface area contributed by atoms with Crippen molar-refractivity contribution in [2.24, 2.45) is 17.8 Å². The van der Waals surface area contributed by atoms with Crippen LogP contribution < -0.4 is 24.9 Å². The third kappa shape index (κ3) is 7.59. The van der Waals surface area contributed by atoms with E-state index >= 15 is 0 Å². The van der Waals surface area contributed by atoms with Crippen LogP contribution in [0.1, 0.15) is 77.3 Å². The lowest BCUT2D eigenvalue weighted by molar-refractivity contribution is -0.120. The normalized spacial score (nSPS) is 25.0. The SMILES string of the molecule is CC(=O)N(Oc1ccc(CC2SC(=O)NC2=O)cc1)c1ccc(Oc2ccc(C34CC5CC(CC(C5)C3)C4)cc2)cc1N(C)C(=O)OC(C)(C)C. The summed E-state index contributed by atoms with van der Waals surface area (Å²) in [6.45, 7) is 6.73. The molecule has 1 unspecified atom stereocenters. The van der Waals surface area contributed by atoms with Crippen molar-refractivity contribution in [2.45, 2.75) is 88.9 Å². The highest BCUT2D eigenvalue weighted by Crippen LogP contribution is 2.60. The summed E-state index contributed by atoms with van der Waals surface area (Å²) in [5, 5.41) is 2.57. The topological polar surface area (TPSA) is 114 Å². The molecule has 10 nitrogen and oxygen atoms in total. The Hall–Kier alpha value is -4.51. The second-order valence-electron chi connectivity index (χ2n) is 15.7. The number of hydrogen-bond acceptors (Lipinski definition) is 8. The average Bonchev–Trinajstić information content (AvgIpc) is 3.38. The van der Waals surface area contributed by atoms with Gasteiger partial charge in [-0.05, 0) is 136 Å². The number of thioether (sulfide) groups is 1. The van der Waals surface area contributed by atoms with Crippen molar-refractivity contribution in [1.82, 2.24) is 5.32 Å². The zero-order valence-corrected chi connectivity index (χ0v) is 30.6. The van der Waals surface area contributed by atoms with Gasteiger partial charge in [0, 0.05) is 20.0 Å². The molecule has 1 saturated heterocycles. The molecule has 4 amide bonds. The predicted octanol–water partition coefficient (Wildman–Crippen LogP) is 8.56. The van der Waals surface area contributed by atoms with E-state index in [4.69, 9.17) is 14.3 Å². The van der Waals surface area contributed by atoms with Crippen LogP contribution in [0, 0.1) is 17.8 Å². The van der Waals surface area contributed by atoms with Gasteiger partial charge in [-0.25, -0.2) is 4.79 Å². The Kier molecular flexibility index (Phi) is 9.28. The van der Waals surface area contributed by atoms with E-state index in [-0.39, 0.29) is 11.1 Å². The number of nitrogens with one attached hydrogen (secondary N) is 1. The van der Waals surface area contributed by atoms with Crippen LogP contribution in [0.5, 0.6) is 17.2 Å². The highest BCUT2D eigenvalue weighted by Gasteiger charge is 2.51. The number of anilines is 2. The molecule has 268 valence electrons. The molecule has 8 rings (SSSR count). The molecule has 0 aromatic heterocycles. The maximum absolute atomic E-state index is 13.3. The first-order valence-electron chi connectivity index (χ1n) is 17.7. The van der Waals surface area contributed by atoms with Gasteiger partial charge in [0.25, 0.3) is 11.1 Å². The number of benzene rings is 3. The van der Waals surface area contributed by atoms with Crippen LogP contribution in [-0.2, 0) is 26.2 Å². The Morgan fingerprint density at radius 1 is 0.843 bits per heavy atom. The highest BCUT2D eigenvalue weighted by atomic mass is 32.2. The number of carbonyl (C=O) groups excluding carboxylic acids is 4. The molecule has 0 spiro atoms. The zero-order valence-electron chi connectivity index (χ0n) is 29.8. The minimum atomic E-state index is -0.748. The monoisotopic (exact) mass is 711 g/mol. The first kappa shape index (κ1) is 34.9. The van der Waals surface area contributed by atoms with E-state index in [9.17, 15) is 19.2 Å². The fraction of sp³-hybridized carbons (Fsp3) is 0.450. The third-order valence-electron chi connectivity index (χ3n) is 10.5. The molecule has 3 aromatic carbocycles. The lowest BCUT2D eigenvalue weighted by atomic mass is 9.48. The van der Waals surface area contributed by atoms with E-state index in [1.807, 2.05) is 12.1 Å². The fourth-order valence-electron chi connectivity index (χ4n) is 8.73. The summed E-state index contributed by atoms with van der Waals surface area (Å²) >= 11 is 0.970. The van der Waals surface area contributed by atoms with Crippen LogP contribution in [-0.4, -0.2) is 41.0 Å². The van der Waals surface area contributed by atoms with Crippen molar-refractivity contribution < 1.29 is 33.5 Å². The average molecular weight is 712 g/mol. The molecule has 5 aliphatic rings. The van der Waals surface area contributed by atoms with Crippen molar-refractivity contribution in [3.63, 3.8) is 0 Å². The minimum absolute atomic E-state index is 0.292. The van der Waals surface area contributed by atoms with Crippen molar-refractivity contribution in [3.05, 3.63) is 77.9 Å². The summed E-state index contributed by atoms with van der Waals surface area (Å²) in [5.41, 5.74) is 2.43. The predicted molar refractivity (Wildman–Crippen MR) is 196 cm³/mol. The van der Waals surface area contributed by atoms with E-state index in [1.54, 1.807) is 70.3 Å². The lowest BCUT2D eigenvalue weighted by Gasteiger charge is -2.57. The number of rotatable bonds is 9. The van der Waals surface area contributed by atoms with Crippen molar-refractivity contribution in [1.29, 1.82) is 0 Å². The molecule has 1 heterocycles. The van der Waals surface area contributed by atoms with Gasteiger partial charge in [-0.3, -0.25) is 24.6 Å². The molecule has 1 N–H and O–H groups in total. The van der Waals surface area contributed by atoms with E-state index < -0.39 is 22.9 Å². The number of amides is 4. The Morgan fingerprint density at radius 3 is 1.98 bits per heavy atom. The van der Waals surface area contributed by atoms with E-state index in [0.717, 1.165) is 40.1 Å². The summed E-state index contributed by atoms with van der Waals surface area (Å²) in [6.07, 6.45) is 7.85. The first-order chi connectivity index (χ1) is 24.2. The maximum atomic E-state index is 13.3. The maximum Gasteiger partial charge on any atom is 0.414 e. The summed E-state index contributed by atoms with van der Waals surface area (Å²) in [7, 11) is 1.58. The Balaban J connectivity index is 1.12. The van der Waals surface area contributed by atoms with Crippen molar-refractivity contribution in [2.75, 3.05) is 17.0 Å². The highest BCUT2D eigenvalue weighted by molar-refractivity contribution is 8.15. The van der Waals surface area contributed by atoms with Gasteiger partial charge >= 0.3 is 6.09 Å². The smallest absolute Gasteiger partial charge is 0.414 e. The third-order valence-corrected chi connectivity index (χ3v) is 11.5. The van der Waals surface area contributed by atoms with E-state index in [2.05, 4.69) is 17.4 Å². The van der Waals surface area contributed by atoms with Crippen LogP contribution in [0.2, 0.25) is 0 Å². The van der Waals surface area contributed by atoms with Gasteiger partial charge in [0.15, 0.2) is 5.75 Å². The van der Waals surface area contributed by atoms with Crippen LogP contribution >= 0.6 is 11.8 Å². The van der Waals surface area contributed by atoms with Crippen molar-refractivity contribution >= 4 is 46.3 Å². The molecule has 0 radical (unpaired) electrons. The largest absolute Gasteiger partial charge is 0.457 e. The van der Waals surface area contributed by atoms with Crippen LogP contribution in [0.25, 0.3) is 0 Å². The first-order valence-corrected chi connectivity index (χ1v) is 18.6. The summed E-state index contributed by atoms with van der Waals surface area (Å²) < 4.78 is 12.0. The Morgan fingerprint density at radius 2 is 1.43 bits per heavy atom. The number of ether oxygens (including phenoxy) is 2. The summed E-state index contributed by atoms with van der Waals surface area (Å²) in [4.78, 5) is 57.4. The van der Waals surface area contributed by atoms with Gasteiger partial charge in [-0.1, -0.05) is 36.0 Å². The molecule has 51 heavy (non-hydrogen) atoms. The molecule has 5 fully saturated rings. The van der Waals surface area contributed by atoms with Gasteiger partial charge in [-0.15, -0.1) is 5.06 Å². The molecule has 4 saturated carbocycles. The second-order valence-corrected chi connectivity index (χ2v) is 16.8. The van der Waals surface area contributed by atoms with E-state index in [1.165, 1.54) is 55.9 Å². The number of imide groups is 1. The second kappa shape index (κ2) is 13.6. The molecular formula is C40H45N3O7S. The van der Waals surface area contributed by atoms with Gasteiger partial charge < -0.3 is 14.3 Å². The molecule has 11 heteroatoms. The summed E-state index contributed by atoms with van der Waals surface area (Å²) in [5.74, 6) is 3.37. The number of hydrogen-bond donors (Lipinski definition) is 1. The molecule has 4 aliphatic carbocycles. The van der Waals surface area contributed by atoms with Gasteiger partial charge in [0.2, 0.25) is 5.91 Å².